The fraction of sp³-hybridized carbons (Fsp3) is 0.435. The molecule has 0 saturated carbocycles. The Hall–Kier alpha value is -3.87. The number of amides is 1. The van der Waals surface area contributed by atoms with E-state index in [9.17, 15) is 18.7 Å². The summed E-state index contributed by atoms with van der Waals surface area (Å²) in [5, 5.41) is 25.0. The summed E-state index contributed by atoms with van der Waals surface area (Å²) in [7, 11) is 1.45. The molecule has 0 radical (unpaired) electrons. The van der Waals surface area contributed by atoms with Crippen LogP contribution in [0.4, 0.5) is 14.7 Å². The molecule has 0 bridgehead atoms. The van der Waals surface area contributed by atoms with Crippen LogP contribution in [0.25, 0.3) is 27.7 Å². The largest absolute Gasteiger partial charge is 0.479 e. The van der Waals surface area contributed by atoms with Gasteiger partial charge in [-0.2, -0.15) is 4.98 Å². The van der Waals surface area contributed by atoms with Gasteiger partial charge in [0, 0.05) is 25.2 Å². The normalized spacial score (nSPS) is 18.5. The van der Waals surface area contributed by atoms with Crippen LogP contribution in [-0.2, 0) is 4.79 Å². The quantitative estimate of drug-likeness (QED) is 0.414. The zero-order valence-corrected chi connectivity index (χ0v) is 20.0. The molecule has 1 aliphatic rings. The van der Waals surface area contributed by atoms with E-state index in [1.54, 1.807) is 10.9 Å². The van der Waals surface area contributed by atoms with E-state index >= 15 is 0 Å². The maximum absolute atomic E-state index is 14.7. The molecule has 1 aliphatic heterocycles. The van der Waals surface area contributed by atoms with Gasteiger partial charge in [0.25, 0.3) is 5.92 Å². The van der Waals surface area contributed by atoms with E-state index in [0.717, 1.165) is 21.5 Å². The van der Waals surface area contributed by atoms with E-state index in [4.69, 9.17) is 4.74 Å². The van der Waals surface area contributed by atoms with Crippen molar-refractivity contribution >= 4 is 28.4 Å². The number of benzene rings is 1. The summed E-state index contributed by atoms with van der Waals surface area (Å²) >= 11 is 0. The Morgan fingerprint density at radius 1 is 1.36 bits per heavy atom. The van der Waals surface area contributed by atoms with Crippen molar-refractivity contribution in [2.45, 2.75) is 38.3 Å². The SMILES string of the molecule is COc1nc(N[C@@H]2CCN(C(C)=O)CC2(F)F)nn2ccc(-c3ccc4nnn([C@@H](C)CO)c4c3)c12. The summed E-state index contributed by atoms with van der Waals surface area (Å²) in [6, 6.07) is 5.99. The van der Waals surface area contributed by atoms with E-state index in [1.165, 1.54) is 18.5 Å². The van der Waals surface area contributed by atoms with Gasteiger partial charge in [-0.05, 0) is 37.1 Å². The average Bonchev–Trinajstić information content (AvgIpc) is 3.48. The third kappa shape index (κ3) is 4.08. The highest BCUT2D eigenvalue weighted by Gasteiger charge is 2.45. The van der Waals surface area contributed by atoms with Crippen LogP contribution in [0, 0.1) is 0 Å². The lowest BCUT2D eigenvalue weighted by Gasteiger charge is -2.38. The smallest absolute Gasteiger partial charge is 0.285 e. The summed E-state index contributed by atoms with van der Waals surface area (Å²) in [5.41, 5.74) is 3.60. The number of piperidine rings is 1. The molecule has 5 rings (SSSR count). The molecule has 1 aromatic carbocycles. The fourth-order valence-corrected chi connectivity index (χ4v) is 4.48. The van der Waals surface area contributed by atoms with E-state index in [0.29, 0.717) is 11.0 Å². The molecule has 1 fully saturated rings. The molecular weight excluding hydrogens is 474 g/mol. The predicted octanol–water partition coefficient (Wildman–Crippen LogP) is 2.37. The summed E-state index contributed by atoms with van der Waals surface area (Å²) in [5.74, 6) is -3.31. The maximum Gasteiger partial charge on any atom is 0.285 e. The summed E-state index contributed by atoms with van der Waals surface area (Å²) in [4.78, 5) is 17.0. The molecule has 2 atom stereocenters. The lowest BCUT2D eigenvalue weighted by atomic mass is 10.0. The third-order valence-corrected chi connectivity index (χ3v) is 6.48. The second-order valence-electron chi connectivity index (χ2n) is 8.92. The van der Waals surface area contributed by atoms with E-state index in [-0.39, 0.29) is 43.3 Å². The molecule has 1 amide bonds. The number of nitrogens with zero attached hydrogens (tertiary/aromatic N) is 7. The minimum atomic E-state index is -3.14. The lowest BCUT2D eigenvalue weighted by molar-refractivity contribution is -0.140. The minimum absolute atomic E-state index is 0.00282. The van der Waals surface area contributed by atoms with Gasteiger partial charge < -0.3 is 20.1 Å². The van der Waals surface area contributed by atoms with E-state index in [2.05, 4.69) is 25.7 Å². The second-order valence-corrected chi connectivity index (χ2v) is 8.92. The molecule has 4 heterocycles. The Morgan fingerprint density at radius 3 is 2.86 bits per heavy atom. The van der Waals surface area contributed by atoms with Gasteiger partial charge in [0.2, 0.25) is 17.7 Å². The maximum atomic E-state index is 14.7. The predicted molar refractivity (Wildman–Crippen MR) is 127 cm³/mol. The van der Waals surface area contributed by atoms with Crippen LogP contribution < -0.4 is 10.1 Å². The molecule has 3 aromatic heterocycles. The van der Waals surface area contributed by atoms with Crippen molar-refractivity contribution in [3.63, 3.8) is 0 Å². The van der Waals surface area contributed by atoms with Gasteiger partial charge in [-0.3, -0.25) is 4.79 Å². The number of nitrogens with one attached hydrogen (secondary N) is 1. The molecule has 13 heteroatoms. The first-order chi connectivity index (χ1) is 17.2. The van der Waals surface area contributed by atoms with Crippen molar-refractivity contribution in [2.24, 2.45) is 0 Å². The number of rotatable bonds is 6. The van der Waals surface area contributed by atoms with Gasteiger partial charge in [0.05, 0.1) is 37.9 Å². The Bertz CT molecular complexity index is 1440. The highest BCUT2D eigenvalue weighted by atomic mass is 19.3. The standard InChI is InChI=1S/C23H26F2N8O3/c1-13(11-34)33-18-10-15(4-5-17(18)28-30-33)16-6-9-32-20(16)21(36-3)27-22(29-32)26-19-7-8-31(14(2)35)12-23(19,24)25/h4-6,9-10,13,19,34H,7-8,11-12H2,1-3H3,(H,26,29)/t13-,19+/m0/s1. The van der Waals surface area contributed by atoms with Gasteiger partial charge in [0.1, 0.15) is 11.0 Å². The number of aliphatic hydroxyl groups is 1. The number of likely N-dealkylation sites (tertiary alicyclic amines) is 1. The van der Waals surface area contributed by atoms with Gasteiger partial charge in [-0.1, -0.05) is 11.3 Å². The number of ether oxygens (including phenoxy) is 1. The topological polar surface area (TPSA) is 123 Å². The van der Waals surface area contributed by atoms with Crippen LogP contribution in [0.2, 0.25) is 0 Å². The van der Waals surface area contributed by atoms with E-state index in [1.807, 2.05) is 31.2 Å². The Kier molecular flexibility index (Phi) is 5.94. The number of hydrogen-bond donors (Lipinski definition) is 2. The van der Waals surface area contributed by atoms with Crippen molar-refractivity contribution in [1.29, 1.82) is 0 Å². The molecule has 36 heavy (non-hydrogen) atoms. The monoisotopic (exact) mass is 500 g/mol. The highest BCUT2D eigenvalue weighted by Crippen LogP contribution is 2.34. The average molecular weight is 501 g/mol. The van der Waals surface area contributed by atoms with Gasteiger partial charge in [-0.15, -0.1) is 10.2 Å². The van der Waals surface area contributed by atoms with Gasteiger partial charge in [-0.25, -0.2) is 18.0 Å². The zero-order chi connectivity index (χ0) is 25.6. The molecule has 0 spiro atoms. The second kappa shape index (κ2) is 8.97. The Morgan fingerprint density at radius 2 is 2.17 bits per heavy atom. The first-order valence-electron chi connectivity index (χ1n) is 11.5. The van der Waals surface area contributed by atoms with Crippen molar-refractivity contribution in [1.82, 2.24) is 34.5 Å². The van der Waals surface area contributed by atoms with Crippen LogP contribution >= 0.6 is 0 Å². The highest BCUT2D eigenvalue weighted by molar-refractivity contribution is 5.89. The number of aromatic nitrogens is 6. The molecule has 4 aromatic rings. The number of aliphatic hydroxyl groups excluding tert-OH is 1. The number of carbonyl (C=O) groups is 1. The summed E-state index contributed by atoms with van der Waals surface area (Å²) in [6.07, 6.45) is 1.76. The van der Waals surface area contributed by atoms with Gasteiger partial charge >= 0.3 is 0 Å². The minimum Gasteiger partial charge on any atom is -0.479 e. The summed E-state index contributed by atoms with van der Waals surface area (Å²) in [6.45, 7) is 2.61. The molecule has 0 aliphatic carbocycles. The lowest BCUT2D eigenvalue weighted by Crippen LogP contribution is -2.55. The van der Waals surface area contributed by atoms with Crippen molar-refractivity contribution < 1.29 is 23.4 Å². The van der Waals surface area contributed by atoms with Crippen LogP contribution in [0.15, 0.2) is 30.5 Å². The number of methoxy groups -OCH3 is 1. The van der Waals surface area contributed by atoms with Crippen LogP contribution in [0.1, 0.15) is 26.3 Å². The van der Waals surface area contributed by atoms with Crippen molar-refractivity contribution in [3.05, 3.63) is 30.5 Å². The Balaban J connectivity index is 1.49. The van der Waals surface area contributed by atoms with Crippen LogP contribution in [-0.4, -0.2) is 84.3 Å². The molecule has 190 valence electrons. The van der Waals surface area contributed by atoms with Crippen molar-refractivity contribution in [3.8, 4) is 17.0 Å². The number of halogens is 2. The number of hydrogen-bond acceptors (Lipinski definition) is 8. The molecule has 11 nitrogen and oxygen atoms in total. The first-order valence-corrected chi connectivity index (χ1v) is 11.5. The summed E-state index contributed by atoms with van der Waals surface area (Å²) < 4.78 is 38.2. The van der Waals surface area contributed by atoms with Crippen LogP contribution in [0.5, 0.6) is 5.88 Å². The molecular formula is C23H26F2N8O3. The molecule has 2 N–H and O–H groups in total. The van der Waals surface area contributed by atoms with E-state index < -0.39 is 18.5 Å². The number of fused-ring (bicyclic) bond motifs is 2. The molecule has 0 unspecified atom stereocenters. The Labute approximate surface area is 204 Å². The fourth-order valence-electron chi connectivity index (χ4n) is 4.48. The van der Waals surface area contributed by atoms with Crippen molar-refractivity contribution in [2.75, 3.05) is 32.1 Å². The van der Waals surface area contributed by atoms with Crippen LogP contribution in [0.3, 0.4) is 0 Å². The molecule has 1 saturated heterocycles. The number of carbonyl (C=O) groups excluding carboxylic acids is 1. The number of anilines is 1. The first kappa shape index (κ1) is 23.9. The van der Waals surface area contributed by atoms with Gasteiger partial charge in [0.15, 0.2) is 0 Å². The zero-order valence-electron chi connectivity index (χ0n) is 20.0. The third-order valence-electron chi connectivity index (χ3n) is 6.48. The number of alkyl halides is 2.